The van der Waals surface area contributed by atoms with Crippen LogP contribution in [-0.4, -0.2) is 0 Å². The van der Waals surface area contributed by atoms with Gasteiger partial charge in [-0.2, -0.15) is 0 Å². The summed E-state index contributed by atoms with van der Waals surface area (Å²) in [7, 11) is 0. The first-order valence-electron chi connectivity index (χ1n) is 11.8. The van der Waals surface area contributed by atoms with Gasteiger partial charge in [-0.3, -0.25) is 0 Å². The van der Waals surface area contributed by atoms with Gasteiger partial charge < -0.3 is 11.5 Å². The molecule has 0 aromatic heterocycles. The van der Waals surface area contributed by atoms with Crippen molar-refractivity contribution in [1.82, 2.24) is 0 Å². The highest BCUT2D eigenvalue weighted by Gasteiger charge is 2.15. The van der Waals surface area contributed by atoms with Gasteiger partial charge in [-0.05, 0) is 30.5 Å². The molecule has 180 valence electrons. The Bertz CT molecular complexity index is 737. The summed E-state index contributed by atoms with van der Waals surface area (Å²) in [5.74, 6) is -6.13. The molecular weight excluding hydrogens is 416 g/mol. The van der Waals surface area contributed by atoms with E-state index in [0.29, 0.717) is 0 Å². The van der Waals surface area contributed by atoms with E-state index in [9.17, 15) is 17.6 Å². The third kappa shape index (κ3) is 11.4. The number of anilines is 2. The number of aryl methyl sites for hydroxylation is 1. The predicted octanol–water partition coefficient (Wildman–Crippen LogP) is 8.34. The summed E-state index contributed by atoms with van der Waals surface area (Å²) in [6.45, 7) is 2.28. The van der Waals surface area contributed by atoms with Crippen LogP contribution < -0.4 is 11.5 Å². The van der Waals surface area contributed by atoms with Gasteiger partial charge in [0.15, 0.2) is 23.3 Å². The standard InChI is InChI=1S/C20H35N.C6H3F4N/c1-2-3-4-5-6-7-8-9-10-11-12-13-14-19-15-17-20(21)18-16-19;7-2-1-3(8)5(10)6(11)4(2)9/h15-18H,2-14,21H2,1H3;1H,11H2. The van der Waals surface area contributed by atoms with Crippen LogP contribution in [0.3, 0.4) is 0 Å². The topological polar surface area (TPSA) is 52.0 Å². The second-order valence-corrected chi connectivity index (χ2v) is 8.26. The molecule has 6 heteroatoms. The average Bonchev–Trinajstić information content (AvgIpc) is 2.79. The molecule has 4 N–H and O–H groups in total. The van der Waals surface area contributed by atoms with Crippen LogP contribution in [0.1, 0.15) is 89.5 Å². The first-order chi connectivity index (χ1) is 15.4. The van der Waals surface area contributed by atoms with E-state index < -0.39 is 29.0 Å². The molecule has 32 heavy (non-hydrogen) atoms. The second kappa shape index (κ2) is 16.4. The van der Waals surface area contributed by atoms with Gasteiger partial charge in [0.25, 0.3) is 0 Å². The van der Waals surface area contributed by atoms with E-state index in [4.69, 9.17) is 5.73 Å². The van der Waals surface area contributed by atoms with Gasteiger partial charge in [-0.1, -0.05) is 89.7 Å². The molecule has 0 fully saturated rings. The Morgan fingerprint density at radius 3 is 1.44 bits per heavy atom. The fraction of sp³-hybridized carbons (Fsp3) is 0.538. The van der Waals surface area contributed by atoms with Crippen molar-refractivity contribution in [2.24, 2.45) is 0 Å². The number of rotatable bonds is 13. The minimum absolute atomic E-state index is 0.0982. The van der Waals surface area contributed by atoms with E-state index in [0.717, 1.165) is 5.69 Å². The van der Waals surface area contributed by atoms with Crippen LogP contribution in [0.25, 0.3) is 0 Å². The Hall–Kier alpha value is -2.24. The van der Waals surface area contributed by atoms with Gasteiger partial charge in [0, 0.05) is 11.8 Å². The van der Waals surface area contributed by atoms with E-state index in [-0.39, 0.29) is 6.07 Å². The zero-order valence-electron chi connectivity index (χ0n) is 19.2. The van der Waals surface area contributed by atoms with Crippen molar-refractivity contribution in [3.63, 3.8) is 0 Å². The Labute approximate surface area is 190 Å². The first kappa shape index (κ1) is 27.8. The molecule has 2 nitrogen and oxygen atoms in total. The van der Waals surface area contributed by atoms with Crippen molar-refractivity contribution < 1.29 is 17.6 Å². The van der Waals surface area contributed by atoms with Gasteiger partial charge in [0.2, 0.25) is 0 Å². The lowest BCUT2D eigenvalue weighted by atomic mass is 10.0. The molecule has 0 heterocycles. The third-order valence-electron chi connectivity index (χ3n) is 5.44. The maximum atomic E-state index is 12.3. The van der Waals surface area contributed by atoms with Crippen LogP contribution in [-0.2, 0) is 6.42 Å². The van der Waals surface area contributed by atoms with Crippen LogP contribution in [0.15, 0.2) is 30.3 Å². The van der Waals surface area contributed by atoms with Crippen molar-refractivity contribution in [2.75, 3.05) is 11.5 Å². The largest absolute Gasteiger partial charge is 0.399 e. The molecule has 2 aromatic carbocycles. The van der Waals surface area contributed by atoms with Gasteiger partial charge in [0.05, 0.1) is 0 Å². The van der Waals surface area contributed by atoms with Crippen LogP contribution in [0, 0.1) is 23.3 Å². The maximum Gasteiger partial charge on any atom is 0.184 e. The SMILES string of the molecule is CCCCCCCCCCCCCCc1ccc(N)cc1.Nc1c(F)c(F)cc(F)c1F. The number of benzene rings is 2. The van der Waals surface area contributed by atoms with Crippen molar-refractivity contribution in [1.29, 1.82) is 0 Å². The lowest BCUT2D eigenvalue weighted by Gasteiger charge is -2.04. The van der Waals surface area contributed by atoms with Crippen LogP contribution in [0.2, 0.25) is 0 Å². The van der Waals surface area contributed by atoms with E-state index in [2.05, 4.69) is 24.8 Å². The summed E-state index contributed by atoms with van der Waals surface area (Å²) in [6, 6.07) is 8.44. The summed E-state index contributed by atoms with van der Waals surface area (Å²) in [5.41, 5.74) is 11.5. The molecule has 0 aliphatic rings. The molecule has 0 saturated heterocycles. The highest BCUT2D eigenvalue weighted by molar-refractivity contribution is 5.42. The van der Waals surface area contributed by atoms with E-state index in [1.54, 1.807) is 0 Å². The van der Waals surface area contributed by atoms with Gasteiger partial charge in [-0.25, -0.2) is 17.6 Å². The first-order valence-corrected chi connectivity index (χ1v) is 11.8. The predicted molar refractivity (Wildman–Crippen MR) is 126 cm³/mol. The summed E-state index contributed by atoms with van der Waals surface area (Å²) in [6.07, 6.45) is 18.2. The Morgan fingerprint density at radius 1 is 0.594 bits per heavy atom. The zero-order chi connectivity index (χ0) is 23.8. The Balaban J connectivity index is 0.000000389. The lowest BCUT2D eigenvalue weighted by Crippen LogP contribution is -2.01. The van der Waals surface area contributed by atoms with E-state index in [1.807, 2.05) is 12.1 Å². The van der Waals surface area contributed by atoms with Gasteiger partial charge in [0.1, 0.15) is 5.69 Å². The minimum Gasteiger partial charge on any atom is -0.399 e. The maximum absolute atomic E-state index is 12.3. The van der Waals surface area contributed by atoms with E-state index in [1.165, 1.54) is 89.0 Å². The normalized spacial score (nSPS) is 10.7. The van der Waals surface area contributed by atoms with Crippen LogP contribution in [0.4, 0.5) is 28.9 Å². The second-order valence-electron chi connectivity index (χ2n) is 8.26. The molecule has 0 aliphatic heterocycles. The van der Waals surface area contributed by atoms with Crippen molar-refractivity contribution in [3.8, 4) is 0 Å². The smallest absolute Gasteiger partial charge is 0.184 e. The molecule has 2 aromatic rings. The highest BCUT2D eigenvalue weighted by atomic mass is 19.2. The van der Waals surface area contributed by atoms with Crippen LogP contribution >= 0.6 is 0 Å². The number of nitrogen functional groups attached to an aromatic ring is 2. The molecule has 0 bridgehead atoms. The fourth-order valence-corrected chi connectivity index (χ4v) is 3.45. The molecule has 0 radical (unpaired) electrons. The Morgan fingerprint density at radius 2 is 1.00 bits per heavy atom. The highest BCUT2D eigenvalue weighted by Crippen LogP contribution is 2.20. The van der Waals surface area contributed by atoms with Crippen LogP contribution in [0.5, 0.6) is 0 Å². The summed E-state index contributed by atoms with van der Waals surface area (Å²) >= 11 is 0. The Kier molecular flexibility index (Phi) is 14.2. The molecule has 0 aliphatic carbocycles. The molecule has 0 amide bonds. The number of hydrogen-bond donors (Lipinski definition) is 2. The average molecular weight is 455 g/mol. The minimum atomic E-state index is -1.57. The summed E-state index contributed by atoms with van der Waals surface area (Å²) < 4.78 is 48.8. The summed E-state index contributed by atoms with van der Waals surface area (Å²) in [4.78, 5) is 0. The van der Waals surface area contributed by atoms with Gasteiger partial charge in [-0.15, -0.1) is 0 Å². The third-order valence-corrected chi connectivity index (χ3v) is 5.44. The fourth-order valence-electron chi connectivity index (χ4n) is 3.45. The molecule has 0 spiro atoms. The quantitative estimate of drug-likeness (QED) is 0.138. The number of halogens is 4. The molecule has 0 saturated carbocycles. The monoisotopic (exact) mass is 454 g/mol. The molecular formula is C26H38F4N2. The zero-order valence-corrected chi connectivity index (χ0v) is 19.2. The summed E-state index contributed by atoms with van der Waals surface area (Å²) in [5, 5.41) is 0. The number of nitrogens with two attached hydrogens (primary N) is 2. The molecule has 0 unspecified atom stereocenters. The number of unbranched alkanes of at least 4 members (excludes halogenated alkanes) is 11. The van der Waals surface area contributed by atoms with Crippen molar-refractivity contribution in [3.05, 3.63) is 59.2 Å². The van der Waals surface area contributed by atoms with Gasteiger partial charge >= 0.3 is 0 Å². The van der Waals surface area contributed by atoms with Crippen molar-refractivity contribution >= 4 is 11.4 Å². The molecule has 0 atom stereocenters. The lowest BCUT2D eigenvalue weighted by molar-refractivity contribution is 0.460. The number of hydrogen-bond acceptors (Lipinski definition) is 2. The van der Waals surface area contributed by atoms with E-state index >= 15 is 0 Å². The molecule has 2 rings (SSSR count). The van der Waals surface area contributed by atoms with Crippen molar-refractivity contribution in [2.45, 2.75) is 90.4 Å².